The maximum Gasteiger partial charge on any atom is 0.322 e. The lowest BCUT2D eigenvalue weighted by Crippen LogP contribution is -2.36. The van der Waals surface area contributed by atoms with E-state index in [-0.39, 0.29) is 17.1 Å². The first-order valence-electron chi connectivity index (χ1n) is 12.3. The number of hydrogen-bond acceptors (Lipinski definition) is 4. The highest BCUT2D eigenvalue weighted by Crippen LogP contribution is 2.52. The van der Waals surface area contributed by atoms with Gasteiger partial charge in [0.15, 0.2) is 5.65 Å². The third-order valence-corrected chi connectivity index (χ3v) is 7.67. The molecule has 7 nitrogen and oxygen atoms in total. The number of carbonyl (C=O) groups is 1. The first kappa shape index (κ1) is 22.1. The number of benzene rings is 1. The molecule has 0 radical (unpaired) electrons. The number of aromatic nitrogens is 2. The van der Waals surface area contributed by atoms with E-state index in [2.05, 4.69) is 34.3 Å². The molecule has 2 fully saturated rings. The molecule has 1 N–H and O–H groups in total. The minimum Gasteiger partial charge on any atom is -0.378 e. The van der Waals surface area contributed by atoms with Crippen LogP contribution in [0, 0.1) is 18.2 Å². The average Bonchev–Trinajstić information content (AvgIpc) is 3.26. The number of urea groups is 1. The molecular weight excluding hydrogens is 445 g/mol. The standard InChI is InChI=1S/C27H30FN5O2/c1-18-13-22(28)23(30-26(34)33-7-3-20(17-33)27(2)4-5-27)15-21(18)19-14-24(31-9-11-35-12-10-31)25-29-6-8-32(25)16-19/h3,6,8,13-16H,4-5,7,9-12,17H2,1-2H3,(H,30,34). The van der Waals surface area contributed by atoms with Crippen LogP contribution in [-0.4, -0.2) is 59.7 Å². The second-order valence-electron chi connectivity index (χ2n) is 10.1. The Kier molecular flexibility index (Phi) is 5.29. The second kappa shape index (κ2) is 8.37. The number of carbonyl (C=O) groups excluding carboxylic acids is 1. The third kappa shape index (κ3) is 4.05. The highest BCUT2D eigenvalue weighted by atomic mass is 19.1. The Morgan fingerprint density at radius 1 is 1.20 bits per heavy atom. The minimum absolute atomic E-state index is 0.195. The lowest BCUT2D eigenvalue weighted by Gasteiger charge is -2.29. The Labute approximate surface area is 204 Å². The molecule has 8 heteroatoms. The van der Waals surface area contributed by atoms with Gasteiger partial charge >= 0.3 is 6.03 Å². The molecule has 35 heavy (non-hydrogen) atoms. The van der Waals surface area contributed by atoms with Gasteiger partial charge in [0.05, 0.1) is 24.6 Å². The second-order valence-corrected chi connectivity index (χ2v) is 10.1. The zero-order chi connectivity index (χ0) is 24.2. The van der Waals surface area contributed by atoms with Crippen molar-refractivity contribution in [1.29, 1.82) is 0 Å². The van der Waals surface area contributed by atoms with Crippen molar-refractivity contribution in [3.8, 4) is 11.1 Å². The minimum atomic E-state index is -0.432. The van der Waals surface area contributed by atoms with Crippen LogP contribution in [0.3, 0.4) is 0 Å². The van der Waals surface area contributed by atoms with Gasteiger partial charge in [-0.05, 0) is 60.1 Å². The number of nitrogens with zero attached hydrogens (tertiary/aromatic N) is 4. The smallest absolute Gasteiger partial charge is 0.322 e. The van der Waals surface area contributed by atoms with Crippen LogP contribution in [0.2, 0.25) is 0 Å². The van der Waals surface area contributed by atoms with Crippen LogP contribution in [0.25, 0.3) is 16.8 Å². The zero-order valence-electron chi connectivity index (χ0n) is 20.2. The van der Waals surface area contributed by atoms with E-state index in [9.17, 15) is 9.18 Å². The molecule has 1 saturated heterocycles. The Morgan fingerprint density at radius 2 is 2.00 bits per heavy atom. The van der Waals surface area contributed by atoms with Gasteiger partial charge < -0.3 is 24.3 Å². The van der Waals surface area contributed by atoms with Crippen LogP contribution in [0.4, 0.5) is 20.6 Å². The van der Waals surface area contributed by atoms with Gasteiger partial charge in [-0.15, -0.1) is 0 Å². The summed E-state index contributed by atoms with van der Waals surface area (Å²) in [5, 5.41) is 2.82. The fourth-order valence-electron chi connectivity index (χ4n) is 5.13. The Balaban J connectivity index is 1.30. The van der Waals surface area contributed by atoms with Gasteiger partial charge in [-0.25, -0.2) is 14.2 Å². The van der Waals surface area contributed by atoms with Gasteiger partial charge in [0.25, 0.3) is 0 Å². The molecule has 2 aromatic heterocycles. The van der Waals surface area contributed by atoms with Gasteiger partial charge in [0.2, 0.25) is 0 Å². The summed E-state index contributed by atoms with van der Waals surface area (Å²) in [7, 11) is 0. The predicted octanol–water partition coefficient (Wildman–Crippen LogP) is 4.86. The lowest BCUT2D eigenvalue weighted by atomic mass is 9.99. The highest BCUT2D eigenvalue weighted by Gasteiger charge is 2.43. The van der Waals surface area contributed by atoms with Crippen molar-refractivity contribution in [2.24, 2.45) is 5.41 Å². The Morgan fingerprint density at radius 3 is 2.77 bits per heavy atom. The summed E-state index contributed by atoms with van der Waals surface area (Å²) >= 11 is 0. The van der Waals surface area contributed by atoms with E-state index < -0.39 is 5.82 Å². The largest absolute Gasteiger partial charge is 0.378 e. The van der Waals surface area contributed by atoms with Crippen LogP contribution >= 0.6 is 0 Å². The van der Waals surface area contributed by atoms with E-state index in [1.165, 1.54) is 24.5 Å². The van der Waals surface area contributed by atoms with Gasteiger partial charge in [-0.1, -0.05) is 13.0 Å². The van der Waals surface area contributed by atoms with E-state index in [1.54, 1.807) is 17.2 Å². The molecule has 1 aliphatic carbocycles. The summed E-state index contributed by atoms with van der Waals surface area (Å²) in [4.78, 5) is 21.5. The molecule has 182 valence electrons. The van der Waals surface area contributed by atoms with Crippen LogP contribution in [0.15, 0.2) is 48.4 Å². The van der Waals surface area contributed by atoms with Crippen LogP contribution in [0.1, 0.15) is 25.3 Å². The third-order valence-electron chi connectivity index (χ3n) is 7.67. The fraction of sp³-hybridized carbons (Fsp3) is 0.407. The Hall–Kier alpha value is -3.39. The molecule has 3 aromatic rings. The Bertz CT molecular complexity index is 1340. The maximum absolute atomic E-state index is 15.0. The summed E-state index contributed by atoms with van der Waals surface area (Å²) in [6, 6.07) is 5.08. The molecule has 0 atom stereocenters. The first-order chi connectivity index (χ1) is 16.9. The van der Waals surface area contributed by atoms with E-state index in [0.717, 1.165) is 41.1 Å². The number of fused-ring (bicyclic) bond motifs is 1. The first-order valence-corrected chi connectivity index (χ1v) is 12.3. The van der Waals surface area contributed by atoms with Gasteiger partial charge in [0, 0.05) is 50.3 Å². The zero-order valence-corrected chi connectivity index (χ0v) is 20.2. The summed E-state index contributed by atoms with van der Waals surface area (Å²) in [5.74, 6) is -0.432. The number of morpholine rings is 1. The highest BCUT2D eigenvalue weighted by molar-refractivity contribution is 5.91. The van der Waals surface area contributed by atoms with Crippen molar-refractivity contribution in [2.75, 3.05) is 49.6 Å². The molecule has 2 amide bonds. The van der Waals surface area contributed by atoms with Gasteiger partial charge in [0.1, 0.15) is 5.82 Å². The quantitative estimate of drug-likeness (QED) is 0.548. The van der Waals surface area contributed by atoms with Crippen molar-refractivity contribution in [1.82, 2.24) is 14.3 Å². The molecule has 2 aliphatic heterocycles. The molecule has 0 bridgehead atoms. The summed E-state index contributed by atoms with van der Waals surface area (Å²) in [6.45, 7) is 8.25. The molecule has 6 rings (SSSR count). The molecule has 0 spiro atoms. The number of ether oxygens (including phenoxy) is 1. The number of nitrogens with one attached hydrogen (secondary N) is 1. The molecule has 1 aromatic carbocycles. The number of aryl methyl sites for hydroxylation is 1. The number of rotatable bonds is 4. The average molecular weight is 476 g/mol. The van der Waals surface area contributed by atoms with E-state index in [4.69, 9.17) is 4.74 Å². The predicted molar refractivity (Wildman–Crippen MR) is 134 cm³/mol. The van der Waals surface area contributed by atoms with Crippen molar-refractivity contribution in [2.45, 2.75) is 26.7 Å². The van der Waals surface area contributed by atoms with Crippen LogP contribution in [0.5, 0.6) is 0 Å². The normalized spacial score (nSPS) is 19.2. The molecule has 0 unspecified atom stereocenters. The lowest BCUT2D eigenvalue weighted by molar-refractivity contribution is 0.123. The van der Waals surface area contributed by atoms with Gasteiger partial charge in [-0.2, -0.15) is 0 Å². The van der Waals surface area contributed by atoms with Crippen LogP contribution in [-0.2, 0) is 4.74 Å². The molecule has 1 saturated carbocycles. The summed E-state index contributed by atoms with van der Waals surface area (Å²) < 4.78 is 22.5. The number of pyridine rings is 1. The van der Waals surface area contributed by atoms with Gasteiger partial charge in [-0.3, -0.25) is 0 Å². The SMILES string of the molecule is Cc1cc(F)c(NC(=O)N2CC=C(C3(C)CC3)C2)cc1-c1cc(N2CCOCC2)c2nccn2c1. The number of imidazole rings is 1. The van der Waals surface area contributed by atoms with Crippen molar-refractivity contribution < 1.29 is 13.9 Å². The van der Waals surface area contributed by atoms with Crippen molar-refractivity contribution >= 4 is 23.1 Å². The van der Waals surface area contributed by atoms with E-state index in [0.29, 0.717) is 26.3 Å². The molecule has 4 heterocycles. The van der Waals surface area contributed by atoms with E-state index >= 15 is 0 Å². The molecule has 3 aliphatic rings. The fourth-order valence-corrected chi connectivity index (χ4v) is 5.13. The number of halogens is 1. The van der Waals surface area contributed by atoms with E-state index in [1.807, 2.05) is 23.7 Å². The maximum atomic E-state index is 15.0. The van der Waals surface area contributed by atoms with Crippen LogP contribution < -0.4 is 10.2 Å². The summed E-state index contributed by atoms with van der Waals surface area (Å²) in [6.07, 6.45) is 10.2. The summed E-state index contributed by atoms with van der Waals surface area (Å²) in [5.41, 5.74) is 6.29. The topological polar surface area (TPSA) is 62.1 Å². The monoisotopic (exact) mass is 475 g/mol. The van der Waals surface area contributed by atoms with Crippen molar-refractivity contribution in [3.63, 3.8) is 0 Å². The number of hydrogen-bond donors (Lipinski definition) is 1. The number of anilines is 2. The molecular formula is C27H30FN5O2. The van der Waals surface area contributed by atoms with Crippen molar-refractivity contribution in [3.05, 3.63) is 59.8 Å². The number of amides is 2.